The van der Waals surface area contributed by atoms with Crippen LogP contribution in [0.25, 0.3) is 0 Å². The van der Waals surface area contributed by atoms with Gasteiger partial charge >= 0.3 is 39.5 Å². The van der Waals surface area contributed by atoms with Gasteiger partial charge in [0.1, 0.15) is 19.3 Å². The average Bonchev–Trinajstić information content (AvgIpc) is 3.52. The van der Waals surface area contributed by atoms with E-state index in [1.807, 2.05) is 0 Å². The molecule has 3 N–H and O–H groups in total. The molecule has 87 heavy (non-hydrogen) atoms. The molecule has 0 heterocycles. The van der Waals surface area contributed by atoms with Crippen molar-refractivity contribution in [3.05, 3.63) is 24.3 Å². The molecule has 0 radical (unpaired) electrons. The van der Waals surface area contributed by atoms with Crippen LogP contribution in [0.15, 0.2) is 24.3 Å². The van der Waals surface area contributed by atoms with Crippen molar-refractivity contribution in [3.63, 3.8) is 0 Å². The fourth-order valence-electron chi connectivity index (χ4n) is 9.61. The predicted octanol–water partition coefficient (Wildman–Crippen LogP) is 18.6. The number of ether oxygens (including phenoxy) is 4. The van der Waals surface area contributed by atoms with E-state index in [0.29, 0.717) is 31.6 Å². The normalized spacial score (nSPS) is 14.8. The van der Waals surface area contributed by atoms with Crippen molar-refractivity contribution in [3.8, 4) is 0 Å². The van der Waals surface area contributed by atoms with Gasteiger partial charge in [0.15, 0.2) is 12.2 Å². The second-order valence-electron chi connectivity index (χ2n) is 25.1. The minimum atomic E-state index is -4.96. The van der Waals surface area contributed by atoms with Crippen LogP contribution >= 0.6 is 15.6 Å². The number of hydrogen-bond acceptors (Lipinski definition) is 15. The quantitative estimate of drug-likeness (QED) is 0.0169. The molecule has 0 saturated carbocycles. The lowest BCUT2D eigenvalue weighted by atomic mass is 9.99. The first-order chi connectivity index (χ1) is 41.8. The molecule has 0 aliphatic rings. The SMILES string of the molecule is CCCCCC/C=C\C=C/CCCCCCCC(=O)O[C@H](COC(=O)CCCCCCCCCCC(C)C)COP(=O)(O)OC[C@@H](O)COP(=O)(O)OC[C@@H](COC(=O)CCCCCCCCC(C)C)OC(=O)CCCCCCCCCCC(C)CC. The molecular weight excluding hydrogens is 1150 g/mol. The molecule has 0 bridgehead atoms. The Morgan fingerprint density at radius 2 is 0.678 bits per heavy atom. The number of rotatable bonds is 64. The van der Waals surface area contributed by atoms with Gasteiger partial charge in [0, 0.05) is 25.7 Å². The minimum absolute atomic E-state index is 0.0838. The summed E-state index contributed by atoms with van der Waals surface area (Å²) in [7, 11) is -9.91. The van der Waals surface area contributed by atoms with Crippen molar-refractivity contribution in [1.82, 2.24) is 0 Å². The number of hydrogen-bond donors (Lipinski definition) is 3. The molecule has 3 unspecified atom stereocenters. The Labute approximate surface area is 529 Å². The molecule has 0 aromatic carbocycles. The summed E-state index contributed by atoms with van der Waals surface area (Å²) >= 11 is 0. The third-order valence-electron chi connectivity index (χ3n) is 15.4. The first-order valence-corrected chi connectivity index (χ1v) is 37.7. The maximum atomic E-state index is 13.0. The van der Waals surface area contributed by atoms with Crippen LogP contribution in [0.2, 0.25) is 0 Å². The lowest BCUT2D eigenvalue weighted by Gasteiger charge is -2.21. The molecule has 0 aliphatic heterocycles. The van der Waals surface area contributed by atoms with Gasteiger partial charge in [-0.15, -0.1) is 0 Å². The number of allylic oxidation sites excluding steroid dienone is 4. The lowest BCUT2D eigenvalue weighted by molar-refractivity contribution is -0.161. The average molecular weight is 1280 g/mol. The van der Waals surface area contributed by atoms with Crippen LogP contribution in [0.3, 0.4) is 0 Å². The molecular formula is C68H128O17P2. The Hall–Kier alpha value is -2.46. The van der Waals surface area contributed by atoms with Crippen molar-refractivity contribution in [1.29, 1.82) is 0 Å². The van der Waals surface area contributed by atoms with Gasteiger partial charge in [-0.2, -0.15) is 0 Å². The molecule has 512 valence electrons. The van der Waals surface area contributed by atoms with Gasteiger partial charge in [-0.1, -0.05) is 259 Å². The van der Waals surface area contributed by atoms with E-state index in [1.165, 1.54) is 96.3 Å². The summed E-state index contributed by atoms with van der Waals surface area (Å²) in [6, 6.07) is 0. The zero-order valence-corrected chi connectivity index (χ0v) is 57.7. The summed E-state index contributed by atoms with van der Waals surface area (Å²) in [5.41, 5.74) is 0. The van der Waals surface area contributed by atoms with Crippen molar-refractivity contribution >= 4 is 39.5 Å². The van der Waals surface area contributed by atoms with Crippen LogP contribution in [-0.4, -0.2) is 96.7 Å². The van der Waals surface area contributed by atoms with Crippen molar-refractivity contribution < 1.29 is 80.2 Å². The zero-order valence-electron chi connectivity index (χ0n) is 56.0. The molecule has 0 aromatic rings. The van der Waals surface area contributed by atoms with E-state index in [0.717, 1.165) is 127 Å². The second kappa shape index (κ2) is 58.6. The monoisotopic (exact) mass is 1280 g/mol. The molecule has 0 amide bonds. The summed E-state index contributed by atoms with van der Waals surface area (Å²) in [6.45, 7) is 11.6. The number of esters is 4. The number of aliphatic hydroxyl groups is 1. The van der Waals surface area contributed by atoms with Gasteiger partial charge in [0.05, 0.1) is 26.4 Å². The standard InChI is InChI=1S/C68H128O17P2/c1-8-10-11-12-13-14-15-16-17-18-19-20-28-37-44-51-67(72)84-63(55-78-65(70)49-42-35-27-23-21-25-32-39-46-59(3)4)57-82-86(74,75)80-53-62(69)54-81-87(76,77)83-58-64(56-79-66(71)50-43-36-31-30-33-40-47-60(5)6)85-68(73)52-45-38-29-24-22-26-34-41-48-61(7)9-2/h14-17,59-64,69H,8-13,18-58H2,1-7H3,(H,74,75)(H,76,77)/b15-14-,17-16-/t61?,62-,63-,64-/m1/s1. The van der Waals surface area contributed by atoms with E-state index in [1.54, 1.807) is 0 Å². The van der Waals surface area contributed by atoms with E-state index in [4.69, 9.17) is 37.0 Å². The number of aliphatic hydroxyl groups excluding tert-OH is 1. The van der Waals surface area contributed by atoms with Crippen LogP contribution in [0, 0.1) is 17.8 Å². The summed E-state index contributed by atoms with van der Waals surface area (Å²) in [4.78, 5) is 72.4. The largest absolute Gasteiger partial charge is 0.472 e. The van der Waals surface area contributed by atoms with E-state index in [2.05, 4.69) is 72.8 Å². The highest BCUT2D eigenvalue weighted by Crippen LogP contribution is 2.45. The van der Waals surface area contributed by atoms with Crippen molar-refractivity contribution in [2.75, 3.05) is 39.6 Å². The zero-order chi connectivity index (χ0) is 64.5. The highest BCUT2D eigenvalue weighted by atomic mass is 31.2. The Kier molecular flexibility index (Phi) is 57.0. The van der Waals surface area contributed by atoms with Gasteiger partial charge in [-0.05, 0) is 69.1 Å². The van der Waals surface area contributed by atoms with Crippen molar-refractivity contribution in [2.45, 2.75) is 330 Å². The van der Waals surface area contributed by atoms with E-state index >= 15 is 0 Å². The molecule has 0 saturated heterocycles. The number of phosphoric ester groups is 2. The second-order valence-corrected chi connectivity index (χ2v) is 28.0. The highest BCUT2D eigenvalue weighted by Gasteiger charge is 2.30. The van der Waals surface area contributed by atoms with E-state index < -0.39 is 97.5 Å². The summed E-state index contributed by atoms with van der Waals surface area (Å²) in [5, 5.41) is 10.6. The summed E-state index contributed by atoms with van der Waals surface area (Å²) in [6.07, 6.45) is 44.0. The molecule has 19 heteroatoms. The molecule has 0 fully saturated rings. The molecule has 0 aromatic heterocycles. The lowest BCUT2D eigenvalue weighted by Crippen LogP contribution is -2.30. The summed E-state index contributed by atoms with van der Waals surface area (Å²) in [5.74, 6) is 0.00459. The maximum absolute atomic E-state index is 13.0. The van der Waals surface area contributed by atoms with E-state index in [-0.39, 0.29) is 25.7 Å². The predicted molar refractivity (Wildman–Crippen MR) is 349 cm³/mol. The smallest absolute Gasteiger partial charge is 0.462 e. The van der Waals surface area contributed by atoms with Gasteiger partial charge < -0.3 is 33.8 Å². The van der Waals surface area contributed by atoms with Crippen LogP contribution in [0.1, 0.15) is 312 Å². The van der Waals surface area contributed by atoms with Crippen LogP contribution in [0.5, 0.6) is 0 Å². The van der Waals surface area contributed by atoms with Gasteiger partial charge in [0.2, 0.25) is 0 Å². The molecule has 0 aliphatic carbocycles. The topological polar surface area (TPSA) is 237 Å². The number of carbonyl (C=O) groups excluding carboxylic acids is 4. The maximum Gasteiger partial charge on any atom is 0.472 e. The molecule has 17 nitrogen and oxygen atoms in total. The Balaban J connectivity index is 5.29. The minimum Gasteiger partial charge on any atom is -0.462 e. The first kappa shape index (κ1) is 84.5. The fourth-order valence-corrected chi connectivity index (χ4v) is 11.2. The fraction of sp³-hybridized carbons (Fsp3) is 0.882. The van der Waals surface area contributed by atoms with Gasteiger partial charge in [-0.25, -0.2) is 9.13 Å². The third kappa shape index (κ3) is 60.9. The Morgan fingerprint density at radius 1 is 0.379 bits per heavy atom. The Bertz CT molecular complexity index is 1810. The van der Waals surface area contributed by atoms with Crippen LogP contribution in [0.4, 0.5) is 0 Å². The van der Waals surface area contributed by atoms with Crippen LogP contribution < -0.4 is 0 Å². The first-order valence-electron chi connectivity index (χ1n) is 34.7. The van der Waals surface area contributed by atoms with Crippen LogP contribution in [-0.2, 0) is 65.4 Å². The highest BCUT2D eigenvalue weighted by molar-refractivity contribution is 7.47. The van der Waals surface area contributed by atoms with Crippen molar-refractivity contribution in [2.24, 2.45) is 17.8 Å². The molecule has 0 rings (SSSR count). The third-order valence-corrected chi connectivity index (χ3v) is 17.3. The van der Waals surface area contributed by atoms with E-state index in [9.17, 15) is 43.2 Å². The van der Waals surface area contributed by atoms with Gasteiger partial charge in [0.25, 0.3) is 0 Å². The number of carbonyl (C=O) groups is 4. The number of phosphoric acid groups is 2. The number of unbranched alkanes of at least 4 members (excludes halogenated alkanes) is 28. The molecule has 6 atom stereocenters. The summed E-state index contributed by atoms with van der Waals surface area (Å²) < 4.78 is 68.1. The van der Waals surface area contributed by atoms with Gasteiger partial charge in [-0.3, -0.25) is 37.3 Å². The molecule has 0 spiro atoms. The Morgan fingerprint density at radius 3 is 1.02 bits per heavy atom.